The largest absolute Gasteiger partial charge is 0.383 e. The maximum Gasteiger partial charge on any atom is 0.240 e. The van der Waals surface area contributed by atoms with Gasteiger partial charge in [-0.3, -0.25) is 4.99 Å². The number of halogens is 1. The number of hydrogen-bond acceptors (Lipinski definition) is 5. The molecule has 0 spiro atoms. The lowest BCUT2D eigenvalue weighted by Gasteiger charge is -2.22. The van der Waals surface area contributed by atoms with Crippen LogP contribution in [-0.2, 0) is 26.0 Å². The van der Waals surface area contributed by atoms with Gasteiger partial charge in [-0.05, 0) is 31.0 Å². The monoisotopic (exact) mass is 540 g/mol. The van der Waals surface area contributed by atoms with E-state index in [1.165, 1.54) is 7.11 Å². The summed E-state index contributed by atoms with van der Waals surface area (Å²) in [6, 6.07) is 6.92. The molecule has 0 amide bonds. The lowest BCUT2D eigenvalue weighted by atomic mass is 10.1. The number of benzene rings is 1. The molecule has 1 fully saturated rings. The van der Waals surface area contributed by atoms with Gasteiger partial charge in [-0.2, -0.15) is 0 Å². The Morgan fingerprint density at radius 3 is 2.86 bits per heavy atom. The second-order valence-electron chi connectivity index (χ2n) is 6.70. The van der Waals surface area contributed by atoms with Gasteiger partial charge in [0.25, 0.3) is 0 Å². The molecular formula is C19H33IN4O4S. The van der Waals surface area contributed by atoms with Gasteiger partial charge in [-0.25, -0.2) is 13.1 Å². The van der Waals surface area contributed by atoms with E-state index in [0.29, 0.717) is 19.1 Å². The van der Waals surface area contributed by atoms with Crippen LogP contribution in [0.1, 0.15) is 18.9 Å². The second kappa shape index (κ2) is 13.4. The number of nitrogens with one attached hydrogen (secondary N) is 2. The summed E-state index contributed by atoms with van der Waals surface area (Å²) < 4.78 is 37.7. The Balaban J connectivity index is 0.00000420. The molecule has 1 atom stereocenters. The molecule has 8 nitrogen and oxygen atoms in total. The van der Waals surface area contributed by atoms with Gasteiger partial charge in [0, 0.05) is 52.9 Å². The number of guanidine groups is 1. The van der Waals surface area contributed by atoms with Crippen molar-refractivity contribution >= 4 is 40.0 Å². The standard InChI is InChI=1S/C19H32N4O4S.HI/c1-4-27-15-17-8-10-23(14-17)19(20-2)21-13-16-6-5-7-18(12-16)28(24,25)22-9-11-26-3;/h5-7,12,17,22H,4,8-11,13-15H2,1-3H3,(H,20,21);1H. The van der Waals surface area contributed by atoms with E-state index in [1.807, 2.05) is 13.0 Å². The highest BCUT2D eigenvalue weighted by Crippen LogP contribution is 2.17. The average Bonchev–Trinajstić information content (AvgIpc) is 3.16. The zero-order chi connectivity index (χ0) is 20.4. The smallest absolute Gasteiger partial charge is 0.240 e. The molecule has 1 saturated heterocycles. The highest BCUT2D eigenvalue weighted by Gasteiger charge is 2.24. The minimum absolute atomic E-state index is 0. The lowest BCUT2D eigenvalue weighted by molar-refractivity contribution is 0.114. The number of sulfonamides is 1. The Labute approximate surface area is 191 Å². The molecule has 0 aromatic heterocycles. The van der Waals surface area contributed by atoms with Gasteiger partial charge < -0.3 is 19.7 Å². The van der Waals surface area contributed by atoms with Crippen LogP contribution in [-0.4, -0.2) is 72.9 Å². The van der Waals surface area contributed by atoms with Crippen molar-refractivity contribution in [3.05, 3.63) is 29.8 Å². The zero-order valence-electron chi connectivity index (χ0n) is 17.4. The molecule has 0 bridgehead atoms. The highest BCUT2D eigenvalue weighted by molar-refractivity contribution is 14.0. The van der Waals surface area contributed by atoms with Crippen molar-refractivity contribution in [3.63, 3.8) is 0 Å². The van der Waals surface area contributed by atoms with Crippen LogP contribution in [0, 0.1) is 5.92 Å². The minimum atomic E-state index is -3.54. The molecule has 29 heavy (non-hydrogen) atoms. The Morgan fingerprint density at radius 1 is 1.38 bits per heavy atom. The minimum Gasteiger partial charge on any atom is -0.383 e. The van der Waals surface area contributed by atoms with Crippen molar-refractivity contribution in [2.24, 2.45) is 10.9 Å². The first-order chi connectivity index (χ1) is 13.5. The molecule has 1 aliphatic heterocycles. The average molecular weight is 540 g/mol. The van der Waals surface area contributed by atoms with Crippen LogP contribution >= 0.6 is 24.0 Å². The molecule has 10 heteroatoms. The molecule has 0 aliphatic carbocycles. The molecule has 1 unspecified atom stereocenters. The van der Waals surface area contributed by atoms with Crippen molar-refractivity contribution in [2.75, 3.05) is 53.6 Å². The third kappa shape index (κ3) is 8.36. The van der Waals surface area contributed by atoms with Gasteiger partial charge in [0.15, 0.2) is 5.96 Å². The molecule has 0 saturated carbocycles. The summed E-state index contributed by atoms with van der Waals surface area (Å²) in [6.07, 6.45) is 1.08. The maximum atomic E-state index is 12.4. The van der Waals surface area contributed by atoms with Crippen LogP contribution in [0.2, 0.25) is 0 Å². The second-order valence-corrected chi connectivity index (χ2v) is 8.47. The highest BCUT2D eigenvalue weighted by atomic mass is 127. The van der Waals surface area contributed by atoms with Crippen molar-refractivity contribution < 1.29 is 17.9 Å². The van der Waals surface area contributed by atoms with E-state index in [2.05, 4.69) is 19.9 Å². The number of nitrogens with zero attached hydrogens (tertiary/aromatic N) is 2. The maximum absolute atomic E-state index is 12.4. The summed E-state index contributed by atoms with van der Waals surface area (Å²) in [5, 5.41) is 3.34. The van der Waals surface area contributed by atoms with Gasteiger partial charge in [0.1, 0.15) is 0 Å². The summed E-state index contributed by atoms with van der Waals surface area (Å²) in [7, 11) is -0.246. The number of hydrogen-bond donors (Lipinski definition) is 2. The number of rotatable bonds is 10. The van der Waals surface area contributed by atoms with Gasteiger partial charge in [-0.15, -0.1) is 24.0 Å². The SMILES string of the molecule is CCOCC1CCN(C(=NC)NCc2cccc(S(=O)(=O)NCCOC)c2)C1.I. The first kappa shape index (κ1) is 26.1. The Kier molecular flexibility index (Phi) is 12.0. The Morgan fingerprint density at radius 2 is 2.17 bits per heavy atom. The van der Waals surface area contributed by atoms with Crippen molar-refractivity contribution in [3.8, 4) is 0 Å². The number of likely N-dealkylation sites (tertiary alicyclic amines) is 1. The molecule has 2 N–H and O–H groups in total. The number of aliphatic imine (C=N–C) groups is 1. The molecule has 1 aliphatic rings. The van der Waals surface area contributed by atoms with E-state index in [1.54, 1.807) is 25.2 Å². The molecule has 1 aromatic carbocycles. The fraction of sp³-hybridized carbons (Fsp3) is 0.632. The summed E-state index contributed by atoms with van der Waals surface area (Å²) >= 11 is 0. The van der Waals surface area contributed by atoms with Crippen LogP contribution in [0.5, 0.6) is 0 Å². The van der Waals surface area contributed by atoms with E-state index < -0.39 is 10.0 Å². The van der Waals surface area contributed by atoms with E-state index in [0.717, 1.165) is 44.2 Å². The van der Waals surface area contributed by atoms with Crippen LogP contribution < -0.4 is 10.0 Å². The first-order valence-corrected chi connectivity index (χ1v) is 11.1. The summed E-state index contributed by atoms with van der Waals surface area (Å²) in [5.41, 5.74) is 0.876. The normalized spacial score (nSPS) is 17.3. The molecule has 0 radical (unpaired) electrons. The van der Waals surface area contributed by atoms with Gasteiger partial charge in [-0.1, -0.05) is 12.1 Å². The van der Waals surface area contributed by atoms with E-state index in [9.17, 15) is 8.42 Å². The summed E-state index contributed by atoms with van der Waals surface area (Å²) in [4.78, 5) is 6.83. The first-order valence-electron chi connectivity index (χ1n) is 9.61. The van der Waals surface area contributed by atoms with Crippen molar-refractivity contribution in [1.82, 2.24) is 14.9 Å². The zero-order valence-corrected chi connectivity index (χ0v) is 20.5. The van der Waals surface area contributed by atoms with E-state index >= 15 is 0 Å². The quantitative estimate of drug-likeness (QED) is 0.203. The third-order valence-electron chi connectivity index (χ3n) is 4.61. The molecule has 1 heterocycles. The Bertz CT molecular complexity index is 745. The molecule has 166 valence electrons. The third-order valence-corrected chi connectivity index (χ3v) is 6.07. The number of ether oxygens (including phenoxy) is 2. The molecular weight excluding hydrogens is 507 g/mol. The molecule has 2 rings (SSSR count). The summed E-state index contributed by atoms with van der Waals surface area (Å²) in [5.74, 6) is 1.34. The Hall–Kier alpha value is -0.950. The van der Waals surface area contributed by atoms with Crippen LogP contribution in [0.15, 0.2) is 34.2 Å². The lowest BCUT2D eigenvalue weighted by Crippen LogP contribution is -2.39. The van der Waals surface area contributed by atoms with Gasteiger partial charge in [0.2, 0.25) is 10.0 Å². The number of methoxy groups -OCH3 is 1. The fourth-order valence-corrected chi connectivity index (χ4v) is 4.23. The van der Waals surface area contributed by atoms with Crippen molar-refractivity contribution in [2.45, 2.75) is 24.8 Å². The van der Waals surface area contributed by atoms with Crippen LogP contribution in [0.25, 0.3) is 0 Å². The van der Waals surface area contributed by atoms with Gasteiger partial charge >= 0.3 is 0 Å². The summed E-state index contributed by atoms with van der Waals surface area (Å²) in [6.45, 7) is 6.45. The predicted octanol–water partition coefficient (Wildman–Crippen LogP) is 1.66. The van der Waals surface area contributed by atoms with E-state index in [-0.39, 0.29) is 35.4 Å². The molecule has 1 aromatic rings. The fourth-order valence-electron chi connectivity index (χ4n) is 3.14. The van der Waals surface area contributed by atoms with Crippen LogP contribution in [0.3, 0.4) is 0 Å². The van der Waals surface area contributed by atoms with Crippen molar-refractivity contribution in [1.29, 1.82) is 0 Å². The van der Waals surface area contributed by atoms with E-state index in [4.69, 9.17) is 9.47 Å². The van der Waals surface area contributed by atoms with Crippen LogP contribution in [0.4, 0.5) is 0 Å². The predicted molar refractivity (Wildman–Crippen MR) is 125 cm³/mol. The van der Waals surface area contributed by atoms with Gasteiger partial charge in [0.05, 0.1) is 18.1 Å². The topological polar surface area (TPSA) is 92.3 Å².